The van der Waals surface area contributed by atoms with E-state index in [2.05, 4.69) is 56.0 Å². The average Bonchev–Trinajstić information content (AvgIpc) is 2.36. The van der Waals surface area contributed by atoms with Gasteiger partial charge in [0.25, 0.3) is 0 Å². The molecule has 0 aliphatic rings. The summed E-state index contributed by atoms with van der Waals surface area (Å²) in [5, 5.41) is 3.36. The first-order valence-electron chi connectivity index (χ1n) is 5.94. The molecule has 17 heavy (non-hydrogen) atoms. The molecule has 0 saturated carbocycles. The van der Waals surface area contributed by atoms with Gasteiger partial charge < -0.3 is 5.32 Å². The van der Waals surface area contributed by atoms with E-state index >= 15 is 0 Å². The Morgan fingerprint density at radius 1 is 0.941 bits per heavy atom. The van der Waals surface area contributed by atoms with Crippen LogP contribution in [0, 0.1) is 20.4 Å². The van der Waals surface area contributed by atoms with Gasteiger partial charge in [0.2, 0.25) is 0 Å². The van der Waals surface area contributed by atoms with Crippen LogP contribution < -0.4 is 5.32 Å². The van der Waals surface area contributed by atoms with Crippen LogP contribution in [0.2, 0.25) is 0 Å². The van der Waals surface area contributed by atoms with Crippen LogP contribution in [0.15, 0.2) is 48.5 Å². The van der Waals surface area contributed by atoms with Crippen molar-refractivity contribution in [1.29, 1.82) is 0 Å². The predicted octanol–water partition coefficient (Wildman–Crippen LogP) is 3.60. The second kappa shape index (κ2) is 5.65. The molecule has 0 saturated heterocycles. The van der Waals surface area contributed by atoms with Gasteiger partial charge in [-0.2, -0.15) is 0 Å². The van der Waals surface area contributed by atoms with Crippen molar-refractivity contribution in [3.8, 4) is 0 Å². The summed E-state index contributed by atoms with van der Waals surface area (Å²) < 4.78 is 0. The van der Waals surface area contributed by atoms with Gasteiger partial charge in [0.05, 0.1) is 6.54 Å². The zero-order chi connectivity index (χ0) is 12.1. The fourth-order valence-corrected chi connectivity index (χ4v) is 1.83. The van der Waals surface area contributed by atoms with Crippen molar-refractivity contribution in [3.63, 3.8) is 0 Å². The number of nitrogens with one attached hydrogen (secondary N) is 1. The molecular formula is C16H18N. The lowest BCUT2D eigenvalue weighted by Crippen LogP contribution is -2.11. The van der Waals surface area contributed by atoms with Gasteiger partial charge in [-0.15, -0.1) is 0 Å². The first kappa shape index (κ1) is 11.9. The van der Waals surface area contributed by atoms with Crippen LogP contribution in [0.1, 0.15) is 22.3 Å². The van der Waals surface area contributed by atoms with Crippen LogP contribution in [-0.2, 0) is 6.54 Å². The third-order valence-corrected chi connectivity index (χ3v) is 3.08. The predicted molar refractivity (Wildman–Crippen MR) is 72.6 cm³/mol. The standard InChI is InChI=1S/C16H18N/c1-13-7-6-10-16(14(13)2)12-17-11-15-8-4-3-5-9-15/h3-11,17H,12H2,1-2H3. The molecule has 0 fully saturated rings. The van der Waals surface area contributed by atoms with E-state index in [4.69, 9.17) is 0 Å². The van der Waals surface area contributed by atoms with Crippen molar-refractivity contribution >= 4 is 0 Å². The molecule has 1 radical (unpaired) electrons. The van der Waals surface area contributed by atoms with Gasteiger partial charge in [-0.3, -0.25) is 0 Å². The van der Waals surface area contributed by atoms with Gasteiger partial charge >= 0.3 is 0 Å². The molecule has 0 bridgehead atoms. The first-order chi connectivity index (χ1) is 8.27. The van der Waals surface area contributed by atoms with E-state index in [0.717, 1.165) is 6.54 Å². The van der Waals surface area contributed by atoms with Crippen molar-refractivity contribution in [2.75, 3.05) is 0 Å². The summed E-state index contributed by atoms with van der Waals surface area (Å²) in [5.74, 6) is 0. The summed E-state index contributed by atoms with van der Waals surface area (Å²) in [6.07, 6.45) is 0. The van der Waals surface area contributed by atoms with E-state index in [1.807, 2.05) is 18.2 Å². The van der Waals surface area contributed by atoms with Gasteiger partial charge in [0.15, 0.2) is 0 Å². The zero-order valence-electron chi connectivity index (χ0n) is 10.4. The number of aryl methyl sites for hydroxylation is 1. The second-order valence-electron chi connectivity index (χ2n) is 4.29. The highest BCUT2D eigenvalue weighted by atomic mass is 14.8. The molecule has 0 aliphatic heterocycles. The Balaban J connectivity index is 1.93. The van der Waals surface area contributed by atoms with E-state index in [-0.39, 0.29) is 0 Å². The second-order valence-corrected chi connectivity index (χ2v) is 4.29. The summed E-state index contributed by atoms with van der Waals surface area (Å²) in [7, 11) is 0. The molecule has 0 spiro atoms. The van der Waals surface area contributed by atoms with E-state index in [0.29, 0.717) is 0 Å². The Hall–Kier alpha value is -1.60. The molecule has 0 aromatic heterocycles. The highest BCUT2D eigenvalue weighted by Crippen LogP contribution is 2.12. The van der Waals surface area contributed by atoms with Gasteiger partial charge in [0, 0.05) is 6.54 Å². The Morgan fingerprint density at radius 3 is 2.47 bits per heavy atom. The maximum atomic E-state index is 3.36. The normalized spacial score (nSPS) is 10.5. The van der Waals surface area contributed by atoms with E-state index in [1.54, 1.807) is 0 Å². The van der Waals surface area contributed by atoms with Crippen molar-refractivity contribution < 1.29 is 0 Å². The molecule has 0 unspecified atom stereocenters. The van der Waals surface area contributed by atoms with Crippen LogP contribution in [0.25, 0.3) is 0 Å². The summed E-state index contributed by atoms with van der Waals surface area (Å²) in [5.41, 5.74) is 5.29. The highest BCUT2D eigenvalue weighted by Gasteiger charge is 2.00. The monoisotopic (exact) mass is 224 g/mol. The average molecular weight is 224 g/mol. The number of benzene rings is 2. The minimum absolute atomic E-state index is 0.877. The van der Waals surface area contributed by atoms with Crippen LogP contribution in [0.5, 0.6) is 0 Å². The van der Waals surface area contributed by atoms with Crippen molar-refractivity contribution in [1.82, 2.24) is 5.32 Å². The molecule has 0 heterocycles. The molecule has 0 atom stereocenters. The van der Waals surface area contributed by atoms with Gasteiger partial charge in [-0.1, -0.05) is 48.5 Å². The summed E-state index contributed by atoms with van der Waals surface area (Å²) in [4.78, 5) is 0. The molecular weight excluding hydrogens is 206 g/mol. The fraction of sp³-hybridized carbons (Fsp3) is 0.188. The fourth-order valence-electron chi connectivity index (χ4n) is 1.83. The van der Waals surface area contributed by atoms with Gasteiger partial charge in [0.1, 0.15) is 0 Å². The van der Waals surface area contributed by atoms with Crippen LogP contribution in [-0.4, -0.2) is 0 Å². The minimum Gasteiger partial charge on any atom is -0.304 e. The van der Waals surface area contributed by atoms with Crippen LogP contribution in [0.4, 0.5) is 0 Å². The summed E-state index contributed by atoms with van der Waals surface area (Å²) in [6, 6.07) is 16.8. The van der Waals surface area contributed by atoms with Gasteiger partial charge in [-0.05, 0) is 36.1 Å². The minimum atomic E-state index is 0.877. The Morgan fingerprint density at radius 2 is 1.71 bits per heavy atom. The largest absolute Gasteiger partial charge is 0.304 e. The lowest BCUT2D eigenvalue weighted by Gasteiger charge is -2.09. The van der Waals surface area contributed by atoms with Crippen LogP contribution in [0.3, 0.4) is 0 Å². The molecule has 1 N–H and O–H groups in total. The molecule has 0 aliphatic carbocycles. The molecule has 2 aromatic rings. The molecule has 2 rings (SSSR count). The third-order valence-electron chi connectivity index (χ3n) is 3.08. The maximum Gasteiger partial charge on any atom is 0.0521 e. The summed E-state index contributed by atoms with van der Waals surface area (Å²) in [6.45, 7) is 7.26. The molecule has 2 aromatic carbocycles. The summed E-state index contributed by atoms with van der Waals surface area (Å²) >= 11 is 0. The highest BCUT2D eigenvalue weighted by molar-refractivity contribution is 5.33. The Bertz CT molecular complexity index is 474. The van der Waals surface area contributed by atoms with Crippen molar-refractivity contribution in [3.05, 3.63) is 77.3 Å². The molecule has 1 heteroatoms. The SMILES string of the molecule is Cc1cccc(CN[CH]c2ccccc2)c1C. The Kier molecular flexibility index (Phi) is 3.94. The smallest absolute Gasteiger partial charge is 0.0521 e. The first-order valence-corrected chi connectivity index (χ1v) is 5.94. The maximum absolute atomic E-state index is 3.36. The Labute approximate surface area is 103 Å². The number of hydrogen-bond acceptors (Lipinski definition) is 1. The zero-order valence-corrected chi connectivity index (χ0v) is 10.4. The molecule has 0 amide bonds. The van der Waals surface area contributed by atoms with Crippen molar-refractivity contribution in [2.24, 2.45) is 0 Å². The molecule has 87 valence electrons. The van der Waals surface area contributed by atoms with E-state index in [1.165, 1.54) is 22.3 Å². The topological polar surface area (TPSA) is 12.0 Å². The lowest BCUT2D eigenvalue weighted by molar-refractivity contribution is 0.812. The number of hydrogen-bond donors (Lipinski definition) is 1. The molecule has 1 nitrogen and oxygen atoms in total. The van der Waals surface area contributed by atoms with Crippen LogP contribution >= 0.6 is 0 Å². The van der Waals surface area contributed by atoms with Gasteiger partial charge in [-0.25, -0.2) is 0 Å². The third kappa shape index (κ3) is 3.18. The van der Waals surface area contributed by atoms with Crippen molar-refractivity contribution in [2.45, 2.75) is 20.4 Å². The lowest BCUT2D eigenvalue weighted by atomic mass is 10.0. The number of rotatable bonds is 4. The quantitative estimate of drug-likeness (QED) is 0.836. The van der Waals surface area contributed by atoms with E-state index in [9.17, 15) is 0 Å². The van der Waals surface area contributed by atoms with E-state index < -0.39 is 0 Å².